The lowest BCUT2D eigenvalue weighted by Crippen LogP contribution is -2.42. The molecule has 0 aromatic heterocycles. The molecular formula is C13H14Cl3NO5S. The topological polar surface area (TPSA) is 101 Å². The molecule has 0 aliphatic rings. The molecule has 128 valence electrons. The fraction of sp³-hybridized carbons (Fsp3) is 0.385. The smallest absolute Gasteiger partial charge is 0.326 e. The summed E-state index contributed by atoms with van der Waals surface area (Å²) in [4.78, 5) is 23.4. The van der Waals surface area contributed by atoms with Gasteiger partial charge < -0.3 is 10.4 Å². The van der Waals surface area contributed by atoms with Gasteiger partial charge in [0.25, 0.3) is 5.91 Å². The summed E-state index contributed by atoms with van der Waals surface area (Å²) >= 11 is 17.6. The Morgan fingerprint density at radius 2 is 1.78 bits per heavy atom. The van der Waals surface area contributed by atoms with Gasteiger partial charge in [-0.2, -0.15) is 0 Å². The van der Waals surface area contributed by atoms with Crippen LogP contribution in [0.1, 0.15) is 23.7 Å². The van der Waals surface area contributed by atoms with Crippen LogP contribution in [-0.4, -0.2) is 42.9 Å². The van der Waals surface area contributed by atoms with Crippen LogP contribution in [0.3, 0.4) is 0 Å². The summed E-state index contributed by atoms with van der Waals surface area (Å²) in [6.07, 6.45) is -0.271. The molecular weight excluding hydrogens is 389 g/mol. The number of halogens is 3. The molecule has 0 radical (unpaired) electrons. The van der Waals surface area contributed by atoms with Crippen molar-refractivity contribution in [1.29, 1.82) is 0 Å². The Labute approximate surface area is 148 Å². The zero-order chi connectivity index (χ0) is 17.8. The normalized spacial score (nSPS) is 12.7. The highest BCUT2D eigenvalue weighted by atomic mass is 35.5. The number of nitrogens with one attached hydrogen (secondary N) is 1. The Morgan fingerprint density at radius 3 is 2.30 bits per heavy atom. The molecule has 0 aliphatic heterocycles. The van der Waals surface area contributed by atoms with E-state index in [1.165, 1.54) is 19.1 Å². The molecule has 6 nitrogen and oxygen atoms in total. The largest absolute Gasteiger partial charge is 0.480 e. The lowest BCUT2D eigenvalue weighted by atomic mass is 10.1. The molecule has 2 N–H and O–H groups in total. The Morgan fingerprint density at radius 1 is 1.22 bits per heavy atom. The number of aliphatic carboxylic acids is 1. The van der Waals surface area contributed by atoms with Gasteiger partial charge in [-0.3, -0.25) is 4.79 Å². The number of carbonyl (C=O) groups is 2. The molecule has 0 aliphatic carbocycles. The van der Waals surface area contributed by atoms with Gasteiger partial charge in [0.15, 0.2) is 0 Å². The Bertz CT molecular complexity index is 721. The van der Waals surface area contributed by atoms with Gasteiger partial charge >= 0.3 is 5.97 Å². The molecule has 1 aromatic carbocycles. The average molecular weight is 403 g/mol. The second-order valence-electron chi connectivity index (χ2n) is 4.61. The van der Waals surface area contributed by atoms with Crippen molar-refractivity contribution in [3.63, 3.8) is 0 Å². The SMILES string of the molecule is CCS(=O)(=O)CCC(NC(=O)c1c(Cl)ccc(Cl)c1Cl)C(=O)O. The van der Waals surface area contributed by atoms with Crippen LogP contribution in [0.5, 0.6) is 0 Å². The number of hydrogen-bond donors (Lipinski definition) is 2. The van der Waals surface area contributed by atoms with E-state index in [0.29, 0.717) is 0 Å². The Balaban J connectivity index is 2.96. The number of rotatable bonds is 7. The van der Waals surface area contributed by atoms with Gasteiger partial charge in [0, 0.05) is 5.75 Å². The Kier molecular flexibility index (Phi) is 7.13. The summed E-state index contributed by atoms with van der Waals surface area (Å²) in [5, 5.41) is 11.3. The second kappa shape index (κ2) is 8.19. The highest BCUT2D eigenvalue weighted by Crippen LogP contribution is 2.31. The van der Waals surface area contributed by atoms with Crippen molar-refractivity contribution >= 4 is 56.5 Å². The van der Waals surface area contributed by atoms with Gasteiger partial charge in [0.05, 0.1) is 26.4 Å². The first kappa shape index (κ1) is 20.0. The fourth-order valence-electron chi connectivity index (χ4n) is 1.66. The predicted molar refractivity (Wildman–Crippen MR) is 89.3 cm³/mol. The van der Waals surface area contributed by atoms with Gasteiger partial charge in [-0.05, 0) is 18.6 Å². The molecule has 10 heteroatoms. The van der Waals surface area contributed by atoms with Crippen LogP contribution >= 0.6 is 34.8 Å². The summed E-state index contributed by atoms with van der Waals surface area (Å²) in [6.45, 7) is 1.45. The minimum Gasteiger partial charge on any atom is -0.480 e. The molecule has 0 fully saturated rings. The van der Waals surface area contributed by atoms with Crippen LogP contribution in [0.4, 0.5) is 0 Å². The number of benzene rings is 1. The second-order valence-corrected chi connectivity index (χ2v) is 8.27. The third-order valence-corrected chi connectivity index (χ3v) is 5.89. The first-order chi connectivity index (χ1) is 10.6. The van der Waals surface area contributed by atoms with Crippen molar-refractivity contribution in [1.82, 2.24) is 5.32 Å². The third kappa shape index (κ3) is 5.53. The standard InChI is InChI=1S/C13H14Cl3NO5S/c1-2-23(21,22)6-5-9(13(19)20)17-12(18)10-7(14)3-4-8(15)11(10)16/h3-4,9H,2,5-6H2,1H3,(H,17,18)(H,19,20). The van der Waals surface area contributed by atoms with E-state index in [1.807, 2.05) is 0 Å². The summed E-state index contributed by atoms with van der Waals surface area (Å²) in [5.41, 5.74) is -0.162. The van der Waals surface area contributed by atoms with E-state index in [4.69, 9.17) is 39.9 Å². The maximum absolute atomic E-state index is 12.2. The molecule has 0 heterocycles. The minimum absolute atomic E-state index is 0.00205. The number of amides is 1. The molecule has 0 bridgehead atoms. The highest BCUT2D eigenvalue weighted by Gasteiger charge is 2.25. The van der Waals surface area contributed by atoms with Crippen molar-refractivity contribution in [2.75, 3.05) is 11.5 Å². The summed E-state index contributed by atoms with van der Waals surface area (Å²) in [5.74, 6) is -2.68. The van der Waals surface area contributed by atoms with Crippen molar-refractivity contribution in [3.8, 4) is 0 Å². The molecule has 1 aromatic rings. The average Bonchev–Trinajstić information content (AvgIpc) is 2.47. The summed E-state index contributed by atoms with van der Waals surface area (Å²) in [6, 6.07) is 1.35. The van der Waals surface area contributed by atoms with E-state index < -0.39 is 27.8 Å². The first-order valence-electron chi connectivity index (χ1n) is 6.46. The quantitative estimate of drug-likeness (QED) is 0.683. The van der Waals surface area contributed by atoms with Gasteiger partial charge in [0.1, 0.15) is 15.9 Å². The van der Waals surface area contributed by atoms with E-state index in [9.17, 15) is 18.0 Å². The number of carboxylic acids is 1. The zero-order valence-corrected chi connectivity index (χ0v) is 15.1. The number of carbonyl (C=O) groups excluding carboxylic acids is 1. The van der Waals surface area contributed by atoms with Gasteiger partial charge in [-0.15, -0.1) is 0 Å². The molecule has 0 saturated carbocycles. The fourth-order valence-corrected chi connectivity index (χ4v) is 3.25. The first-order valence-corrected chi connectivity index (χ1v) is 9.42. The van der Waals surface area contributed by atoms with Gasteiger partial charge in [-0.1, -0.05) is 41.7 Å². The van der Waals surface area contributed by atoms with Crippen molar-refractivity contribution in [2.45, 2.75) is 19.4 Å². The zero-order valence-electron chi connectivity index (χ0n) is 12.0. The van der Waals surface area contributed by atoms with Gasteiger partial charge in [0.2, 0.25) is 0 Å². The molecule has 1 atom stereocenters. The van der Waals surface area contributed by atoms with E-state index in [1.54, 1.807) is 0 Å². The third-order valence-electron chi connectivity index (χ3n) is 3.03. The Hall–Kier alpha value is -1.02. The molecule has 0 saturated heterocycles. The van der Waals surface area contributed by atoms with Crippen LogP contribution in [0.25, 0.3) is 0 Å². The van der Waals surface area contributed by atoms with Crippen molar-refractivity contribution < 1.29 is 23.1 Å². The maximum Gasteiger partial charge on any atom is 0.326 e. The minimum atomic E-state index is -3.36. The molecule has 1 amide bonds. The number of hydrogen-bond acceptors (Lipinski definition) is 4. The van der Waals surface area contributed by atoms with Crippen LogP contribution < -0.4 is 5.32 Å². The number of sulfone groups is 1. The van der Waals surface area contributed by atoms with Crippen LogP contribution in [0, 0.1) is 0 Å². The lowest BCUT2D eigenvalue weighted by Gasteiger charge is -2.16. The van der Waals surface area contributed by atoms with Crippen LogP contribution in [0.15, 0.2) is 12.1 Å². The van der Waals surface area contributed by atoms with E-state index in [0.717, 1.165) is 0 Å². The summed E-state index contributed by atoms with van der Waals surface area (Å²) < 4.78 is 22.9. The van der Waals surface area contributed by atoms with Crippen molar-refractivity contribution in [3.05, 3.63) is 32.8 Å². The number of carboxylic acid groups (broad SMARTS) is 1. The van der Waals surface area contributed by atoms with Gasteiger partial charge in [-0.25, -0.2) is 13.2 Å². The lowest BCUT2D eigenvalue weighted by molar-refractivity contribution is -0.139. The van der Waals surface area contributed by atoms with Crippen LogP contribution in [-0.2, 0) is 14.6 Å². The highest BCUT2D eigenvalue weighted by molar-refractivity contribution is 7.91. The summed E-state index contributed by atoms with van der Waals surface area (Å²) in [7, 11) is -3.36. The maximum atomic E-state index is 12.2. The predicted octanol–water partition coefficient (Wildman–Crippen LogP) is 2.65. The van der Waals surface area contributed by atoms with E-state index >= 15 is 0 Å². The molecule has 1 rings (SSSR count). The van der Waals surface area contributed by atoms with E-state index in [-0.39, 0.29) is 38.6 Å². The van der Waals surface area contributed by atoms with Crippen molar-refractivity contribution in [2.24, 2.45) is 0 Å². The van der Waals surface area contributed by atoms with E-state index in [2.05, 4.69) is 5.32 Å². The molecule has 1 unspecified atom stereocenters. The monoisotopic (exact) mass is 401 g/mol. The molecule has 0 spiro atoms. The van der Waals surface area contributed by atoms with Crippen LogP contribution in [0.2, 0.25) is 15.1 Å². The molecule has 23 heavy (non-hydrogen) atoms.